The lowest BCUT2D eigenvalue weighted by Crippen LogP contribution is -2.09. The van der Waals surface area contributed by atoms with Gasteiger partial charge in [-0.15, -0.1) is 0 Å². The molecule has 0 N–H and O–H groups in total. The van der Waals surface area contributed by atoms with E-state index in [1.807, 2.05) is 55.0 Å². The number of hydrogen-bond acceptors (Lipinski definition) is 5. The zero-order valence-electron chi connectivity index (χ0n) is 29.8. The van der Waals surface area contributed by atoms with Crippen LogP contribution in [0.5, 0.6) is 0 Å². The highest BCUT2D eigenvalue weighted by Crippen LogP contribution is 2.39. The quantitative estimate of drug-likeness (QED) is 0.165. The highest BCUT2D eigenvalue weighted by Gasteiger charge is 2.16. The highest BCUT2D eigenvalue weighted by molar-refractivity contribution is 5.94. The molecule has 0 amide bonds. The number of benzene rings is 6. The van der Waals surface area contributed by atoms with Crippen molar-refractivity contribution in [2.24, 2.45) is 0 Å². The molecular formula is C50H33N5. The van der Waals surface area contributed by atoms with E-state index >= 15 is 0 Å². The topological polar surface area (TPSA) is 54.8 Å². The molecule has 0 saturated heterocycles. The molecule has 5 heteroatoms. The first-order chi connectivity index (χ1) is 27.2. The number of hydrogen-bond donors (Lipinski definition) is 0. The van der Waals surface area contributed by atoms with Gasteiger partial charge in [-0.05, 0) is 95.1 Å². The average molecular weight is 704 g/mol. The second kappa shape index (κ2) is 13.8. The summed E-state index contributed by atoms with van der Waals surface area (Å²) in [5.41, 5.74) is 14.4. The van der Waals surface area contributed by atoms with E-state index in [1.54, 1.807) is 0 Å². The van der Waals surface area contributed by atoms with Gasteiger partial charge in [-0.25, -0.2) is 4.98 Å². The molecule has 0 aliphatic heterocycles. The third kappa shape index (κ3) is 6.24. The Kier molecular flexibility index (Phi) is 8.08. The third-order valence-electron chi connectivity index (χ3n) is 10.2. The van der Waals surface area contributed by atoms with Crippen LogP contribution in [0.3, 0.4) is 0 Å². The zero-order valence-corrected chi connectivity index (χ0v) is 29.8. The fourth-order valence-corrected chi connectivity index (χ4v) is 7.36. The summed E-state index contributed by atoms with van der Waals surface area (Å²) in [4.78, 5) is 21.3. The van der Waals surface area contributed by atoms with E-state index in [2.05, 4.69) is 160 Å². The fraction of sp³-hybridized carbons (Fsp3) is 0. The molecule has 4 heterocycles. The summed E-state index contributed by atoms with van der Waals surface area (Å²) in [6.45, 7) is 0. The molecule has 0 aliphatic carbocycles. The second-order valence-corrected chi connectivity index (χ2v) is 13.6. The minimum atomic E-state index is 0.879. The Labute approximate surface area is 318 Å². The molecule has 0 atom stereocenters. The maximum Gasteiger partial charge on any atom is 0.0972 e. The van der Waals surface area contributed by atoms with E-state index in [0.29, 0.717) is 0 Å². The molecule has 10 aromatic rings. The van der Waals surface area contributed by atoms with Crippen LogP contribution in [0, 0.1) is 0 Å². The average Bonchev–Trinajstić information content (AvgIpc) is 3.27. The van der Waals surface area contributed by atoms with Crippen molar-refractivity contribution in [3.8, 4) is 44.8 Å². The van der Waals surface area contributed by atoms with Crippen LogP contribution in [0.4, 0.5) is 17.1 Å². The molecular weight excluding hydrogens is 671 g/mol. The largest absolute Gasteiger partial charge is 0.311 e. The number of anilines is 3. The van der Waals surface area contributed by atoms with Crippen molar-refractivity contribution >= 4 is 49.8 Å². The molecule has 0 unspecified atom stereocenters. The Morgan fingerprint density at radius 1 is 0.327 bits per heavy atom. The van der Waals surface area contributed by atoms with Crippen LogP contribution in [0.2, 0.25) is 0 Å². The van der Waals surface area contributed by atoms with Crippen molar-refractivity contribution in [3.63, 3.8) is 0 Å². The first kappa shape index (κ1) is 32.2. The van der Waals surface area contributed by atoms with Crippen molar-refractivity contribution in [1.29, 1.82) is 0 Å². The summed E-state index contributed by atoms with van der Waals surface area (Å²) >= 11 is 0. The van der Waals surface area contributed by atoms with E-state index in [1.165, 1.54) is 0 Å². The van der Waals surface area contributed by atoms with Gasteiger partial charge in [0, 0.05) is 62.9 Å². The van der Waals surface area contributed by atoms with Crippen molar-refractivity contribution in [3.05, 3.63) is 201 Å². The number of rotatable bonds is 7. The lowest BCUT2D eigenvalue weighted by Gasteiger charge is -2.26. The minimum absolute atomic E-state index is 0.879. The number of nitrogens with zero attached hydrogens (tertiary/aromatic N) is 5. The predicted octanol–water partition coefficient (Wildman–Crippen LogP) is 12.9. The zero-order chi connectivity index (χ0) is 36.6. The Hall–Kier alpha value is -7.50. The molecule has 0 spiro atoms. The molecule has 0 fully saturated rings. The lowest BCUT2D eigenvalue weighted by atomic mass is 10.0. The summed E-state index contributed by atoms with van der Waals surface area (Å²) in [6, 6.07) is 63.7. The van der Waals surface area contributed by atoms with Crippen LogP contribution in [-0.4, -0.2) is 19.9 Å². The highest BCUT2D eigenvalue weighted by atomic mass is 15.1. The van der Waals surface area contributed by atoms with E-state index in [0.717, 1.165) is 94.5 Å². The van der Waals surface area contributed by atoms with E-state index in [9.17, 15) is 0 Å². The van der Waals surface area contributed by atoms with Gasteiger partial charge >= 0.3 is 0 Å². The van der Waals surface area contributed by atoms with Crippen LogP contribution in [0.15, 0.2) is 201 Å². The van der Waals surface area contributed by atoms with Crippen molar-refractivity contribution in [2.45, 2.75) is 0 Å². The van der Waals surface area contributed by atoms with Gasteiger partial charge < -0.3 is 4.90 Å². The predicted molar refractivity (Wildman–Crippen MR) is 227 cm³/mol. The van der Waals surface area contributed by atoms with Crippen molar-refractivity contribution in [2.75, 3.05) is 4.90 Å². The summed E-state index contributed by atoms with van der Waals surface area (Å²) in [7, 11) is 0. The van der Waals surface area contributed by atoms with Crippen molar-refractivity contribution < 1.29 is 0 Å². The Morgan fingerprint density at radius 2 is 0.800 bits per heavy atom. The molecule has 258 valence electrons. The fourth-order valence-electron chi connectivity index (χ4n) is 7.36. The standard InChI is InChI=1S/C50H33N5/c1-2-7-39(8-3-1)50-49-42(11-6-30-53-49)33-48(54-50)38-20-26-45(27-21-38)55(43-22-16-34(17-23-43)40-14-12-36-9-4-28-51-46(36)31-40)44-24-18-35(19-25-44)41-15-13-37-10-5-29-52-47(37)32-41/h1-33H. The number of pyridine rings is 4. The number of fused-ring (bicyclic) bond motifs is 3. The molecule has 5 nitrogen and oxygen atoms in total. The van der Waals surface area contributed by atoms with Gasteiger partial charge in [-0.1, -0.05) is 109 Å². The van der Waals surface area contributed by atoms with E-state index in [-0.39, 0.29) is 0 Å². The smallest absolute Gasteiger partial charge is 0.0972 e. The Balaban J connectivity index is 1.03. The van der Waals surface area contributed by atoms with E-state index < -0.39 is 0 Å². The molecule has 6 aromatic carbocycles. The summed E-state index contributed by atoms with van der Waals surface area (Å²) in [5.74, 6) is 0. The van der Waals surface area contributed by atoms with Crippen LogP contribution in [0.1, 0.15) is 0 Å². The van der Waals surface area contributed by atoms with Gasteiger partial charge in [0.1, 0.15) is 0 Å². The molecule has 0 radical (unpaired) electrons. The van der Waals surface area contributed by atoms with Crippen molar-refractivity contribution in [1.82, 2.24) is 19.9 Å². The normalized spacial score (nSPS) is 11.3. The SMILES string of the molecule is c1ccc(-c2nc(-c3ccc(N(c4ccc(-c5ccc6cccnc6c5)cc4)c4ccc(-c5ccc6cccnc6c5)cc4)cc3)cc3cccnc23)cc1. The number of aromatic nitrogens is 4. The molecule has 0 aliphatic rings. The summed E-state index contributed by atoms with van der Waals surface area (Å²) < 4.78 is 0. The Bertz CT molecular complexity index is 2840. The van der Waals surface area contributed by atoms with E-state index in [4.69, 9.17) is 9.97 Å². The van der Waals surface area contributed by atoms with Gasteiger partial charge in [0.2, 0.25) is 0 Å². The lowest BCUT2D eigenvalue weighted by molar-refractivity contribution is 1.28. The second-order valence-electron chi connectivity index (χ2n) is 13.6. The van der Waals surface area contributed by atoms with Crippen LogP contribution < -0.4 is 4.90 Å². The van der Waals surface area contributed by atoms with Crippen LogP contribution >= 0.6 is 0 Å². The monoisotopic (exact) mass is 703 g/mol. The van der Waals surface area contributed by atoms with Gasteiger partial charge in [0.05, 0.1) is 27.9 Å². The van der Waals surface area contributed by atoms with Gasteiger partial charge in [0.25, 0.3) is 0 Å². The van der Waals surface area contributed by atoms with Gasteiger partial charge in [0.15, 0.2) is 0 Å². The van der Waals surface area contributed by atoms with Gasteiger partial charge in [-0.2, -0.15) is 0 Å². The summed E-state index contributed by atoms with van der Waals surface area (Å²) in [5, 5.41) is 3.32. The molecule has 0 saturated carbocycles. The molecule has 4 aromatic heterocycles. The molecule has 0 bridgehead atoms. The maximum atomic E-state index is 5.16. The van der Waals surface area contributed by atoms with Gasteiger partial charge in [-0.3, -0.25) is 15.0 Å². The van der Waals surface area contributed by atoms with Crippen LogP contribution in [0.25, 0.3) is 77.5 Å². The first-order valence-electron chi connectivity index (χ1n) is 18.4. The molecule has 55 heavy (non-hydrogen) atoms. The first-order valence-corrected chi connectivity index (χ1v) is 18.4. The molecule has 10 rings (SSSR count). The maximum absolute atomic E-state index is 5.16. The Morgan fingerprint density at radius 3 is 1.35 bits per heavy atom. The van der Waals surface area contributed by atoms with Crippen LogP contribution in [-0.2, 0) is 0 Å². The minimum Gasteiger partial charge on any atom is -0.311 e. The third-order valence-corrected chi connectivity index (χ3v) is 10.2. The summed E-state index contributed by atoms with van der Waals surface area (Å²) in [6.07, 6.45) is 5.52.